The number of aryl methyl sites for hydroxylation is 1. The van der Waals surface area contributed by atoms with Gasteiger partial charge in [0.1, 0.15) is 0 Å². The van der Waals surface area contributed by atoms with Crippen LogP contribution in [0.1, 0.15) is 35.5 Å². The van der Waals surface area contributed by atoms with E-state index in [1.807, 2.05) is 58.1 Å². The first kappa shape index (κ1) is 24.7. The van der Waals surface area contributed by atoms with E-state index in [2.05, 4.69) is 46.7 Å². The maximum Gasteiger partial charge on any atom is 0.272 e. The van der Waals surface area contributed by atoms with Gasteiger partial charge in [0.05, 0.1) is 11.4 Å². The van der Waals surface area contributed by atoms with E-state index >= 15 is 0 Å². The number of hydrogen-bond donors (Lipinski definition) is 1. The van der Waals surface area contributed by atoms with Gasteiger partial charge in [0.15, 0.2) is 5.69 Å². The second-order valence-corrected chi connectivity index (χ2v) is 7.94. The van der Waals surface area contributed by atoms with E-state index in [1.165, 1.54) is 5.56 Å². The van der Waals surface area contributed by atoms with Crippen LogP contribution in [0.3, 0.4) is 0 Å². The molecule has 0 radical (unpaired) electrons. The van der Waals surface area contributed by atoms with E-state index in [4.69, 9.17) is 16.7 Å². The van der Waals surface area contributed by atoms with Gasteiger partial charge >= 0.3 is 0 Å². The maximum absolute atomic E-state index is 13.1. The van der Waals surface area contributed by atoms with Crippen LogP contribution in [0.15, 0.2) is 48.5 Å². The van der Waals surface area contributed by atoms with E-state index in [9.17, 15) is 4.79 Å². The minimum atomic E-state index is -0.106. The van der Waals surface area contributed by atoms with Crippen LogP contribution in [0.5, 0.6) is 0 Å². The average molecular weight is 565 g/mol. The summed E-state index contributed by atoms with van der Waals surface area (Å²) in [4.78, 5) is 17.3. The fourth-order valence-electron chi connectivity index (χ4n) is 4.11. The minimum Gasteiger partial charge on any atom is -0.349 e. The van der Waals surface area contributed by atoms with Crippen LogP contribution >= 0.6 is 34.2 Å². The summed E-state index contributed by atoms with van der Waals surface area (Å²) in [6, 6.07) is 15.9. The molecule has 0 unspecified atom stereocenters. The normalized spacial score (nSPS) is 11.9. The van der Waals surface area contributed by atoms with Crippen LogP contribution in [-0.2, 0) is 12.8 Å². The van der Waals surface area contributed by atoms with Gasteiger partial charge in [-0.05, 0) is 60.7 Å². The number of halogens is 2. The molecule has 0 saturated heterocycles. The molecule has 0 spiro atoms. The highest BCUT2D eigenvalue weighted by Gasteiger charge is 2.28. The Labute approximate surface area is 209 Å². The van der Waals surface area contributed by atoms with Gasteiger partial charge in [0.2, 0.25) is 0 Å². The monoisotopic (exact) mass is 564 g/mol. The number of alkyl halides is 1. The molecule has 1 aromatic heterocycles. The lowest BCUT2D eigenvalue weighted by molar-refractivity contribution is 0.0942. The molecule has 170 valence electrons. The Kier molecular flexibility index (Phi) is 9.13. The summed E-state index contributed by atoms with van der Waals surface area (Å²) >= 11 is 8.38. The number of carbonyl (C=O) groups is 1. The lowest BCUT2D eigenvalue weighted by atomic mass is 9.88. The number of fused-ring (bicyclic) bond motifs is 3. The van der Waals surface area contributed by atoms with Crippen LogP contribution in [0.2, 0.25) is 5.02 Å². The Morgan fingerprint density at radius 1 is 1.12 bits per heavy atom. The van der Waals surface area contributed by atoms with Crippen LogP contribution in [0.25, 0.3) is 16.9 Å². The fraction of sp³-hybridized carbons (Fsp3) is 0.360. The number of nitrogens with zero attached hydrogens (tertiary/aromatic N) is 3. The molecule has 4 rings (SSSR count). The molecule has 7 heteroatoms. The number of hydrogen-bond acceptors (Lipinski definition) is 3. The predicted molar refractivity (Wildman–Crippen MR) is 141 cm³/mol. The molecule has 1 aliphatic rings. The summed E-state index contributed by atoms with van der Waals surface area (Å²) in [6.07, 6.45) is 1.62. The third-order valence-corrected chi connectivity index (χ3v) is 6.01. The predicted octanol–water partition coefficient (Wildman–Crippen LogP) is 5.41. The molecular weight excluding hydrogens is 535 g/mol. The summed E-state index contributed by atoms with van der Waals surface area (Å²) in [7, 11) is 0. The third kappa shape index (κ3) is 5.35. The average Bonchev–Trinajstić information content (AvgIpc) is 3.23. The molecule has 3 aromatic rings. The molecule has 1 N–H and O–H groups in total. The summed E-state index contributed by atoms with van der Waals surface area (Å²) < 4.78 is 1.90. The first-order chi connectivity index (χ1) is 15.6. The molecule has 0 aliphatic heterocycles. The minimum absolute atomic E-state index is 0.106. The van der Waals surface area contributed by atoms with Gasteiger partial charge in [0.25, 0.3) is 5.91 Å². The number of para-hydroxylation sites is 1. The summed E-state index contributed by atoms with van der Waals surface area (Å²) in [6.45, 7) is 7.66. The zero-order chi connectivity index (χ0) is 23.1. The smallest absolute Gasteiger partial charge is 0.272 e. The number of amides is 1. The first-order valence-electron chi connectivity index (χ1n) is 11.0. The van der Waals surface area contributed by atoms with Crippen molar-refractivity contribution in [3.05, 3.63) is 70.4 Å². The Bertz CT molecular complexity index is 1050. The summed E-state index contributed by atoms with van der Waals surface area (Å²) in [5, 5.41) is 8.58. The third-order valence-electron chi connectivity index (χ3n) is 5.77. The Morgan fingerprint density at radius 2 is 1.84 bits per heavy atom. The lowest BCUT2D eigenvalue weighted by Gasteiger charge is -2.19. The molecular formula is C25H30ClIN4O. The van der Waals surface area contributed by atoms with Crippen molar-refractivity contribution in [1.29, 1.82) is 0 Å². The molecule has 2 aromatic carbocycles. The highest BCUT2D eigenvalue weighted by atomic mass is 127. The van der Waals surface area contributed by atoms with E-state index in [0.29, 0.717) is 12.2 Å². The van der Waals surface area contributed by atoms with Gasteiger partial charge in [0, 0.05) is 29.2 Å². The van der Waals surface area contributed by atoms with Gasteiger partial charge in [-0.1, -0.05) is 72.3 Å². The molecule has 0 atom stereocenters. The Balaban J connectivity index is 0.00000141. The zero-order valence-corrected chi connectivity index (χ0v) is 21.8. The van der Waals surface area contributed by atoms with Crippen molar-refractivity contribution in [3.63, 3.8) is 0 Å². The number of aromatic nitrogens is 2. The number of benzene rings is 2. The number of carbonyl (C=O) groups excluding carboxylic acids is 1. The standard InChI is InChI=1S/C24H27ClN4O.CH3I/c1-3-28(4-2)15-14-26-24(30)22-21-12-10-17-16-18(25)11-13-20(17)23(21)29(27-22)19-8-6-5-7-9-19;1-2/h5-9,11,13,16H,3-4,10,12,14-15H2,1-2H3,(H,26,30);1H3. The SMILES string of the molecule is CCN(CC)CCNC(=O)c1nn(-c2ccccc2)c2c1CCc1cc(Cl)ccc1-2.CI. The van der Waals surface area contributed by atoms with Crippen molar-refractivity contribution in [2.24, 2.45) is 0 Å². The molecule has 1 heterocycles. The van der Waals surface area contributed by atoms with Crippen LogP contribution in [0, 0.1) is 0 Å². The number of rotatable bonds is 7. The molecule has 0 fully saturated rings. The highest BCUT2D eigenvalue weighted by molar-refractivity contribution is 14.1. The van der Waals surface area contributed by atoms with Crippen molar-refractivity contribution >= 4 is 40.1 Å². The molecule has 1 aliphatic carbocycles. The van der Waals surface area contributed by atoms with E-state index < -0.39 is 0 Å². The van der Waals surface area contributed by atoms with E-state index in [1.54, 1.807) is 0 Å². The molecule has 5 nitrogen and oxygen atoms in total. The number of likely N-dealkylation sites (N-methyl/N-ethyl adjacent to an activating group) is 1. The largest absolute Gasteiger partial charge is 0.349 e. The van der Waals surface area contributed by atoms with Crippen LogP contribution in [-0.4, -0.2) is 51.7 Å². The molecule has 1 amide bonds. The van der Waals surface area contributed by atoms with Crippen molar-refractivity contribution in [2.45, 2.75) is 26.7 Å². The first-order valence-corrected chi connectivity index (χ1v) is 13.5. The van der Waals surface area contributed by atoms with E-state index in [0.717, 1.165) is 60.0 Å². The van der Waals surface area contributed by atoms with Crippen molar-refractivity contribution in [1.82, 2.24) is 20.0 Å². The van der Waals surface area contributed by atoms with E-state index in [-0.39, 0.29) is 5.91 Å². The quantitative estimate of drug-likeness (QED) is 0.308. The highest BCUT2D eigenvalue weighted by Crippen LogP contribution is 2.38. The molecule has 0 bridgehead atoms. The lowest BCUT2D eigenvalue weighted by Crippen LogP contribution is -2.35. The summed E-state index contributed by atoms with van der Waals surface area (Å²) in [5.74, 6) is -0.106. The van der Waals surface area contributed by atoms with Gasteiger partial charge in [-0.2, -0.15) is 5.10 Å². The second-order valence-electron chi connectivity index (χ2n) is 7.51. The number of nitrogens with one attached hydrogen (secondary N) is 1. The summed E-state index contributed by atoms with van der Waals surface area (Å²) in [5.41, 5.74) is 5.76. The topological polar surface area (TPSA) is 50.2 Å². The van der Waals surface area contributed by atoms with Crippen molar-refractivity contribution in [3.8, 4) is 16.9 Å². The van der Waals surface area contributed by atoms with Gasteiger partial charge in [-0.25, -0.2) is 4.68 Å². The van der Waals surface area contributed by atoms with Crippen LogP contribution < -0.4 is 5.32 Å². The second kappa shape index (κ2) is 11.8. The Morgan fingerprint density at radius 3 is 2.53 bits per heavy atom. The van der Waals surface area contributed by atoms with Gasteiger partial charge in [-0.3, -0.25) is 4.79 Å². The van der Waals surface area contributed by atoms with Crippen LogP contribution in [0.4, 0.5) is 0 Å². The molecule has 0 saturated carbocycles. The maximum atomic E-state index is 13.1. The molecule has 32 heavy (non-hydrogen) atoms. The Hall–Kier alpha value is -1.90. The van der Waals surface area contributed by atoms with Gasteiger partial charge < -0.3 is 10.2 Å². The fourth-order valence-corrected chi connectivity index (χ4v) is 4.31. The van der Waals surface area contributed by atoms with Gasteiger partial charge in [-0.15, -0.1) is 0 Å². The van der Waals surface area contributed by atoms with Crippen molar-refractivity contribution < 1.29 is 4.79 Å². The zero-order valence-electron chi connectivity index (χ0n) is 18.9. The van der Waals surface area contributed by atoms with Crippen molar-refractivity contribution in [2.75, 3.05) is 31.1 Å².